The van der Waals surface area contributed by atoms with Crippen molar-refractivity contribution in [2.24, 2.45) is 0 Å². The van der Waals surface area contributed by atoms with Crippen LogP contribution in [0.25, 0.3) is 0 Å². The predicted octanol–water partition coefficient (Wildman–Crippen LogP) is 2.60. The topological polar surface area (TPSA) is 77.4 Å². The van der Waals surface area contributed by atoms with Crippen LogP contribution in [0.4, 0.5) is 0 Å². The molecule has 0 heterocycles. The maximum absolute atomic E-state index is 11.0. The number of carboxylic acids is 2. The molecular formula is C22H27NO4. The molecule has 0 bridgehead atoms. The van der Waals surface area contributed by atoms with Crippen LogP contribution in [0.5, 0.6) is 0 Å². The van der Waals surface area contributed by atoms with E-state index in [0.29, 0.717) is 30.4 Å². The molecule has 144 valence electrons. The van der Waals surface area contributed by atoms with Gasteiger partial charge in [0, 0.05) is 29.9 Å². The normalized spacial score (nSPS) is 11.3. The van der Waals surface area contributed by atoms with Gasteiger partial charge in [-0.25, -0.2) is 0 Å². The molecule has 27 heavy (non-hydrogen) atoms. The number of nitrogens with zero attached hydrogens (tertiary/aromatic N) is 1. The van der Waals surface area contributed by atoms with Crippen molar-refractivity contribution >= 4 is 11.9 Å². The summed E-state index contributed by atoms with van der Waals surface area (Å²) in [4.78, 5) is 21.9. The van der Waals surface area contributed by atoms with Gasteiger partial charge in [0.05, 0.1) is 19.5 Å². The number of aliphatic carboxylic acids is 2. The zero-order valence-electron chi connectivity index (χ0n) is 15.5. The van der Waals surface area contributed by atoms with Crippen molar-refractivity contribution in [2.75, 3.05) is 13.1 Å². The lowest BCUT2D eigenvalue weighted by Gasteiger charge is -2.39. The maximum Gasteiger partial charge on any atom is 0.303 e. The van der Waals surface area contributed by atoms with E-state index in [4.69, 9.17) is 5.11 Å². The number of hydrogen-bond donors (Lipinski definition) is 1. The van der Waals surface area contributed by atoms with E-state index in [1.807, 2.05) is 36.4 Å². The summed E-state index contributed by atoms with van der Waals surface area (Å²) in [6, 6.07) is 20.2. The van der Waals surface area contributed by atoms with E-state index in [0.717, 1.165) is 24.2 Å². The molecule has 0 aliphatic rings. The Bertz CT molecular complexity index is 652. The molecule has 0 atom stereocenters. The van der Waals surface area contributed by atoms with Crippen molar-refractivity contribution in [1.29, 1.82) is 0 Å². The van der Waals surface area contributed by atoms with Crippen molar-refractivity contribution in [3.63, 3.8) is 0 Å². The maximum atomic E-state index is 11.0. The Hall–Kier alpha value is -2.66. The predicted molar refractivity (Wildman–Crippen MR) is 101 cm³/mol. The Morgan fingerprint density at radius 3 is 1.63 bits per heavy atom. The first-order valence-electron chi connectivity index (χ1n) is 9.34. The van der Waals surface area contributed by atoms with Gasteiger partial charge in [0.25, 0.3) is 0 Å². The van der Waals surface area contributed by atoms with Gasteiger partial charge in [-0.05, 0) is 6.42 Å². The minimum atomic E-state index is -1.04. The second kappa shape index (κ2) is 10.5. The van der Waals surface area contributed by atoms with Gasteiger partial charge < -0.3 is 19.5 Å². The molecule has 5 nitrogen and oxygen atoms in total. The summed E-state index contributed by atoms with van der Waals surface area (Å²) in [6.45, 7) is 2.82. The molecule has 0 aliphatic heterocycles. The summed E-state index contributed by atoms with van der Waals surface area (Å²) in [5, 5.41) is 20.0. The molecule has 0 unspecified atom stereocenters. The highest BCUT2D eigenvalue weighted by molar-refractivity contribution is 5.66. The smallest absolute Gasteiger partial charge is 0.303 e. The molecular weight excluding hydrogens is 342 g/mol. The highest BCUT2D eigenvalue weighted by atomic mass is 16.4. The average Bonchev–Trinajstić information content (AvgIpc) is 2.63. The first kappa shape index (κ1) is 20.6. The fourth-order valence-corrected chi connectivity index (χ4v) is 3.55. The quantitative estimate of drug-likeness (QED) is 0.584. The number of carbonyl (C=O) groups is 2. The lowest BCUT2D eigenvalue weighted by Crippen LogP contribution is -2.48. The molecule has 0 amide bonds. The van der Waals surface area contributed by atoms with Gasteiger partial charge in [0.2, 0.25) is 0 Å². The number of hydrogen-bond acceptors (Lipinski definition) is 3. The second-order valence-electron chi connectivity index (χ2n) is 7.05. The van der Waals surface area contributed by atoms with E-state index >= 15 is 0 Å². The van der Waals surface area contributed by atoms with Gasteiger partial charge >= 0.3 is 5.97 Å². The highest BCUT2D eigenvalue weighted by Gasteiger charge is 2.28. The molecule has 0 spiro atoms. The number of benzene rings is 2. The summed E-state index contributed by atoms with van der Waals surface area (Å²) in [6.07, 6.45) is 1.20. The van der Waals surface area contributed by atoms with Gasteiger partial charge in [-0.15, -0.1) is 0 Å². The van der Waals surface area contributed by atoms with Crippen LogP contribution in [0.1, 0.15) is 36.8 Å². The summed E-state index contributed by atoms with van der Waals surface area (Å²) >= 11 is 0. The Morgan fingerprint density at radius 1 is 0.778 bits per heavy atom. The largest absolute Gasteiger partial charge is 0.550 e. The number of rotatable bonds is 12. The first-order chi connectivity index (χ1) is 13.0. The van der Waals surface area contributed by atoms with Crippen LogP contribution < -0.4 is 5.11 Å². The Labute approximate surface area is 160 Å². The Kier molecular flexibility index (Phi) is 8.01. The molecule has 0 radical (unpaired) electrons. The van der Waals surface area contributed by atoms with Crippen LogP contribution in [0.15, 0.2) is 60.7 Å². The van der Waals surface area contributed by atoms with E-state index in [2.05, 4.69) is 24.3 Å². The summed E-state index contributed by atoms with van der Waals surface area (Å²) in [5.74, 6) is -1.85. The van der Waals surface area contributed by atoms with Crippen molar-refractivity contribution in [1.82, 2.24) is 0 Å². The fraction of sp³-hybridized carbons (Fsp3) is 0.364. The third-order valence-electron chi connectivity index (χ3n) is 4.76. The fourth-order valence-electron chi connectivity index (χ4n) is 3.55. The second-order valence-corrected chi connectivity index (χ2v) is 7.05. The van der Waals surface area contributed by atoms with E-state index in [9.17, 15) is 14.7 Å². The van der Waals surface area contributed by atoms with E-state index in [-0.39, 0.29) is 12.8 Å². The third-order valence-corrected chi connectivity index (χ3v) is 4.76. The zero-order chi connectivity index (χ0) is 19.5. The minimum Gasteiger partial charge on any atom is -0.550 e. The Morgan fingerprint density at radius 2 is 1.22 bits per heavy atom. The van der Waals surface area contributed by atoms with Gasteiger partial charge in [0.1, 0.15) is 13.1 Å². The van der Waals surface area contributed by atoms with Crippen LogP contribution in [0.3, 0.4) is 0 Å². The molecule has 2 aromatic carbocycles. The molecule has 2 aromatic rings. The first-order valence-corrected chi connectivity index (χ1v) is 9.34. The summed E-state index contributed by atoms with van der Waals surface area (Å²) in [7, 11) is 0. The van der Waals surface area contributed by atoms with Crippen molar-refractivity contribution < 1.29 is 24.3 Å². The van der Waals surface area contributed by atoms with Crippen LogP contribution in [0.2, 0.25) is 0 Å². The van der Waals surface area contributed by atoms with E-state index in [1.54, 1.807) is 0 Å². The van der Waals surface area contributed by atoms with Crippen LogP contribution in [-0.2, 0) is 22.7 Å². The van der Waals surface area contributed by atoms with Gasteiger partial charge in [0.15, 0.2) is 0 Å². The number of quaternary nitrogens is 1. The van der Waals surface area contributed by atoms with Crippen LogP contribution in [0, 0.1) is 0 Å². The lowest BCUT2D eigenvalue weighted by atomic mass is 10.1. The molecule has 5 heteroatoms. The summed E-state index contributed by atoms with van der Waals surface area (Å²) < 4.78 is 0.634. The van der Waals surface area contributed by atoms with Gasteiger partial charge in [-0.2, -0.15) is 0 Å². The SMILES string of the molecule is O=C([O-])CCC[N+](CCCC(=O)O)(Cc1ccccc1)Cc1ccccc1. The average molecular weight is 369 g/mol. The third kappa shape index (κ3) is 7.62. The van der Waals surface area contributed by atoms with Gasteiger partial charge in [-0.3, -0.25) is 4.79 Å². The molecule has 0 saturated heterocycles. The molecule has 0 aromatic heterocycles. The van der Waals surface area contributed by atoms with Gasteiger partial charge in [-0.1, -0.05) is 60.7 Å². The molecule has 1 N–H and O–H groups in total. The number of carbonyl (C=O) groups excluding carboxylic acids is 1. The van der Waals surface area contributed by atoms with Crippen molar-refractivity contribution in [2.45, 2.75) is 38.8 Å². The molecule has 0 aliphatic carbocycles. The van der Waals surface area contributed by atoms with Crippen LogP contribution in [-0.4, -0.2) is 34.6 Å². The number of carboxylic acid groups (broad SMARTS) is 2. The Balaban J connectivity index is 2.25. The van der Waals surface area contributed by atoms with E-state index < -0.39 is 11.9 Å². The standard InChI is InChI=1S/C22H27NO4/c24-21(25)13-7-15-23(16-8-14-22(26)27,17-19-9-3-1-4-10-19)18-20-11-5-2-6-12-20/h1-6,9-12H,7-8,13-18H2,(H-,24,25,26,27). The molecule has 0 fully saturated rings. The van der Waals surface area contributed by atoms with E-state index in [1.165, 1.54) is 0 Å². The monoisotopic (exact) mass is 369 g/mol. The molecule has 2 rings (SSSR count). The van der Waals surface area contributed by atoms with Crippen molar-refractivity contribution in [3.05, 3.63) is 71.8 Å². The van der Waals surface area contributed by atoms with Crippen molar-refractivity contribution in [3.8, 4) is 0 Å². The van der Waals surface area contributed by atoms with Crippen LogP contribution >= 0.6 is 0 Å². The zero-order valence-corrected chi connectivity index (χ0v) is 15.5. The lowest BCUT2D eigenvalue weighted by molar-refractivity contribution is -0.954. The molecule has 0 saturated carbocycles. The minimum absolute atomic E-state index is 0.0164. The highest BCUT2D eigenvalue weighted by Crippen LogP contribution is 2.22. The summed E-state index contributed by atoms with van der Waals surface area (Å²) in [5.41, 5.74) is 2.33.